The van der Waals surface area contributed by atoms with Gasteiger partial charge in [0.25, 0.3) is 0 Å². The Balaban J connectivity index is 1.53. The van der Waals surface area contributed by atoms with Crippen LogP contribution in [0.25, 0.3) is 0 Å². The Morgan fingerprint density at radius 3 is 2.85 bits per heavy atom. The van der Waals surface area contributed by atoms with Gasteiger partial charge in [-0.1, -0.05) is 56.3 Å². The van der Waals surface area contributed by atoms with Gasteiger partial charge < -0.3 is 19.7 Å². The van der Waals surface area contributed by atoms with E-state index in [2.05, 4.69) is 12.2 Å². The van der Waals surface area contributed by atoms with Crippen LogP contribution in [0.4, 0.5) is 0 Å². The standard InChI is InChI=1S/C24H38ClN3O5S/c1-3-4-5-6-9-20-15-27(12-11-26-20)23(29)18-33-17-21-16-32-14-13-28(21)34(30,31)24-19(2)8-7-10-22(24)25/h7-8,10,20-21,26H,3-6,9,11-18H2,1-2H3/t20?,21-/m0/s1. The highest BCUT2D eigenvalue weighted by Gasteiger charge is 2.36. The highest BCUT2D eigenvalue weighted by Crippen LogP contribution is 2.29. The zero-order chi connectivity index (χ0) is 24.6. The van der Waals surface area contributed by atoms with Crippen molar-refractivity contribution in [3.05, 3.63) is 28.8 Å². The predicted octanol–water partition coefficient (Wildman–Crippen LogP) is 2.83. The van der Waals surface area contributed by atoms with Gasteiger partial charge in [-0.15, -0.1) is 0 Å². The number of ether oxygens (including phenoxy) is 2. The average Bonchev–Trinajstić information content (AvgIpc) is 2.82. The highest BCUT2D eigenvalue weighted by molar-refractivity contribution is 7.89. The molecule has 0 aromatic heterocycles. The van der Waals surface area contributed by atoms with Gasteiger partial charge in [-0.3, -0.25) is 4.79 Å². The summed E-state index contributed by atoms with van der Waals surface area (Å²) in [7, 11) is -3.83. The first-order chi connectivity index (χ1) is 16.3. The van der Waals surface area contributed by atoms with Gasteiger partial charge in [0.1, 0.15) is 11.5 Å². The lowest BCUT2D eigenvalue weighted by molar-refractivity contribution is -0.138. The van der Waals surface area contributed by atoms with E-state index in [0.717, 1.165) is 13.0 Å². The van der Waals surface area contributed by atoms with E-state index in [-0.39, 0.29) is 42.2 Å². The number of rotatable bonds is 11. The van der Waals surface area contributed by atoms with Gasteiger partial charge in [-0.25, -0.2) is 8.42 Å². The molecule has 10 heteroatoms. The van der Waals surface area contributed by atoms with Crippen molar-refractivity contribution < 1.29 is 22.7 Å². The van der Waals surface area contributed by atoms with Crippen LogP contribution in [-0.4, -0.2) is 88.2 Å². The molecule has 2 fully saturated rings. The van der Waals surface area contributed by atoms with E-state index in [1.54, 1.807) is 25.1 Å². The van der Waals surface area contributed by atoms with E-state index in [0.29, 0.717) is 31.3 Å². The number of hydrogen-bond acceptors (Lipinski definition) is 6. The Bertz CT molecular complexity index is 894. The number of aryl methyl sites for hydroxylation is 1. The Hall–Kier alpha value is -1.23. The molecule has 1 aromatic carbocycles. The molecule has 192 valence electrons. The lowest BCUT2D eigenvalue weighted by atomic mass is 10.1. The molecule has 8 nitrogen and oxygen atoms in total. The van der Waals surface area contributed by atoms with Crippen LogP contribution in [0.5, 0.6) is 0 Å². The molecule has 34 heavy (non-hydrogen) atoms. The smallest absolute Gasteiger partial charge is 0.248 e. The average molecular weight is 516 g/mol. The molecule has 0 radical (unpaired) electrons. The lowest BCUT2D eigenvalue weighted by Crippen LogP contribution is -2.54. The van der Waals surface area contributed by atoms with E-state index >= 15 is 0 Å². The van der Waals surface area contributed by atoms with Crippen molar-refractivity contribution in [3.63, 3.8) is 0 Å². The molecule has 2 aliphatic heterocycles. The molecule has 2 atom stereocenters. The monoisotopic (exact) mass is 515 g/mol. The topological polar surface area (TPSA) is 88.2 Å². The van der Waals surface area contributed by atoms with Crippen LogP contribution in [-0.2, 0) is 24.3 Å². The maximum Gasteiger partial charge on any atom is 0.248 e. The molecule has 0 bridgehead atoms. The number of hydrogen-bond donors (Lipinski definition) is 1. The van der Waals surface area contributed by atoms with Crippen LogP contribution >= 0.6 is 11.6 Å². The summed E-state index contributed by atoms with van der Waals surface area (Å²) in [6.07, 6.45) is 5.92. The zero-order valence-electron chi connectivity index (χ0n) is 20.3. The van der Waals surface area contributed by atoms with Gasteiger partial charge in [-0.2, -0.15) is 4.31 Å². The summed E-state index contributed by atoms with van der Waals surface area (Å²) in [6, 6.07) is 4.84. The Morgan fingerprint density at radius 2 is 2.09 bits per heavy atom. The van der Waals surface area contributed by atoms with Crippen LogP contribution in [0.2, 0.25) is 5.02 Å². The summed E-state index contributed by atoms with van der Waals surface area (Å²) >= 11 is 6.25. The van der Waals surface area contributed by atoms with E-state index in [9.17, 15) is 13.2 Å². The van der Waals surface area contributed by atoms with Gasteiger partial charge in [0.15, 0.2) is 0 Å². The number of piperazine rings is 1. The molecule has 1 aromatic rings. The maximum absolute atomic E-state index is 13.4. The quantitative estimate of drug-likeness (QED) is 0.456. The number of nitrogens with one attached hydrogen (secondary N) is 1. The van der Waals surface area contributed by atoms with E-state index in [1.807, 2.05) is 4.90 Å². The number of sulfonamides is 1. The first-order valence-corrected chi connectivity index (χ1v) is 14.1. The van der Waals surface area contributed by atoms with Crippen molar-refractivity contribution in [2.45, 2.75) is 62.9 Å². The highest BCUT2D eigenvalue weighted by atomic mass is 35.5. The fourth-order valence-electron chi connectivity index (χ4n) is 4.58. The summed E-state index contributed by atoms with van der Waals surface area (Å²) < 4.78 is 39.4. The molecular weight excluding hydrogens is 478 g/mol. The van der Waals surface area contributed by atoms with Gasteiger partial charge in [-0.05, 0) is 25.0 Å². The fourth-order valence-corrected chi connectivity index (χ4v) is 6.95. The van der Waals surface area contributed by atoms with E-state index in [4.69, 9.17) is 21.1 Å². The third-order valence-electron chi connectivity index (χ3n) is 6.45. The number of benzene rings is 1. The molecular formula is C24H38ClN3O5S. The van der Waals surface area contributed by atoms with Crippen molar-refractivity contribution >= 4 is 27.5 Å². The lowest BCUT2D eigenvalue weighted by Gasteiger charge is -2.35. The van der Waals surface area contributed by atoms with Crippen molar-refractivity contribution in [1.82, 2.24) is 14.5 Å². The summed E-state index contributed by atoms with van der Waals surface area (Å²) in [5.74, 6) is -0.0619. The third-order valence-corrected chi connectivity index (χ3v) is 9.04. The third kappa shape index (κ3) is 7.15. The molecule has 2 aliphatic rings. The van der Waals surface area contributed by atoms with Crippen LogP contribution in [0.1, 0.15) is 44.6 Å². The molecule has 0 saturated carbocycles. The molecule has 1 amide bonds. The Kier molecular flexibility index (Phi) is 10.6. The molecule has 2 saturated heterocycles. The summed E-state index contributed by atoms with van der Waals surface area (Å²) in [5, 5.41) is 3.70. The van der Waals surface area contributed by atoms with Crippen LogP contribution in [0.3, 0.4) is 0 Å². The van der Waals surface area contributed by atoms with Crippen molar-refractivity contribution in [2.75, 3.05) is 52.6 Å². The first-order valence-electron chi connectivity index (χ1n) is 12.3. The largest absolute Gasteiger partial charge is 0.378 e. The fraction of sp³-hybridized carbons (Fsp3) is 0.708. The Labute approximate surface area is 209 Å². The number of carbonyl (C=O) groups is 1. The number of amides is 1. The van der Waals surface area contributed by atoms with Gasteiger partial charge in [0.05, 0.1) is 30.9 Å². The predicted molar refractivity (Wildman–Crippen MR) is 133 cm³/mol. The number of morpholine rings is 1. The number of unbranched alkanes of at least 4 members (excludes halogenated alkanes) is 3. The minimum atomic E-state index is -3.83. The molecule has 0 aliphatic carbocycles. The summed E-state index contributed by atoms with van der Waals surface area (Å²) in [5.41, 5.74) is 0.594. The van der Waals surface area contributed by atoms with Crippen LogP contribution < -0.4 is 5.32 Å². The minimum Gasteiger partial charge on any atom is -0.378 e. The molecule has 1 unspecified atom stereocenters. The Morgan fingerprint density at radius 1 is 1.26 bits per heavy atom. The molecule has 0 spiro atoms. The first kappa shape index (κ1) is 27.4. The summed E-state index contributed by atoms with van der Waals surface area (Å²) in [6.45, 7) is 6.80. The van der Waals surface area contributed by atoms with Crippen molar-refractivity contribution in [1.29, 1.82) is 0 Å². The molecule has 3 rings (SSSR count). The summed E-state index contributed by atoms with van der Waals surface area (Å²) in [4.78, 5) is 14.7. The molecule has 1 N–H and O–H groups in total. The maximum atomic E-state index is 13.4. The van der Waals surface area contributed by atoms with E-state index in [1.165, 1.54) is 30.0 Å². The normalized spacial score (nSPS) is 22.1. The second-order valence-corrected chi connectivity index (χ2v) is 11.3. The van der Waals surface area contributed by atoms with Crippen LogP contribution in [0, 0.1) is 6.92 Å². The van der Waals surface area contributed by atoms with Gasteiger partial charge in [0, 0.05) is 32.2 Å². The SMILES string of the molecule is CCCCCCC1CN(C(=O)COC[C@@H]2COCCN2S(=O)(=O)c2c(C)cccc2Cl)CCN1. The van der Waals surface area contributed by atoms with Crippen molar-refractivity contribution in [3.8, 4) is 0 Å². The second-order valence-electron chi connectivity index (χ2n) is 9.09. The second kappa shape index (κ2) is 13.2. The van der Waals surface area contributed by atoms with Gasteiger partial charge in [0.2, 0.25) is 15.9 Å². The number of nitrogens with zero attached hydrogens (tertiary/aromatic N) is 2. The number of halogens is 1. The van der Waals surface area contributed by atoms with E-state index < -0.39 is 16.1 Å². The molecule has 2 heterocycles. The minimum absolute atomic E-state index is 0.0619. The zero-order valence-corrected chi connectivity index (χ0v) is 21.9. The van der Waals surface area contributed by atoms with Crippen molar-refractivity contribution in [2.24, 2.45) is 0 Å². The van der Waals surface area contributed by atoms with Crippen LogP contribution in [0.15, 0.2) is 23.1 Å². The van der Waals surface area contributed by atoms with Gasteiger partial charge >= 0.3 is 0 Å². The number of carbonyl (C=O) groups excluding carboxylic acids is 1.